The molecule has 2 aromatic rings. The molecule has 1 saturated heterocycles. The fourth-order valence-electron chi connectivity index (χ4n) is 6.39. The van der Waals surface area contributed by atoms with Crippen molar-refractivity contribution in [1.29, 1.82) is 5.26 Å². The van der Waals surface area contributed by atoms with Gasteiger partial charge in [0.1, 0.15) is 10.8 Å². The van der Waals surface area contributed by atoms with Crippen LogP contribution in [0.15, 0.2) is 48.5 Å². The van der Waals surface area contributed by atoms with Crippen LogP contribution in [0.5, 0.6) is 0 Å². The fourth-order valence-corrected chi connectivity index (χ4v) is 6.39. The summed E-state index contributed by atoms with van der Waals surface area (Å²) < 4.78 is 45.9. The Morgan fingerprint density at radius 2 is 1.75 bits per heavy atom. The molecule has 1 aliphatic rings. The molecule has 0 saturated carbocycles. The van der Waals surface area contributed by atoms with Crippen LogP contribution in [0.3, 0.4) is 0 Å². The van der Waals surface area contributed by atoms with E-state index in [2.05, 4.69) is 0 Å². The van der Waals surface area contributed by atoms with Crippen LogP contribution in [0.25, 0.3) is 0 Å². The number of carboxylic acids is 2. The van der Waals surface area contributed by atoms with Gasteiger partial charge in [-0.3, -0.25) is 14.4 Å². The van der Waals surface area contributed by atoms with Crippen molar-refractivity contribution in [3.63, 3.8) is 0 Å². The normalized spacial score (nSPS) is 27.4. The lowest BCUT2D eigenvalue weighted by molar-refractivity contribution is -0.182. The van der Waals surface area contributed by atoms with E-state index in [1.54, 1.807) is 0 Å². The Balaban J connectivity index is 2.51. The van der Waals surface area contributed by atoms with E-state index < -0.39 is 64.5 Å². The summed E-state index contributed by atoms with van der Waals surface area (Å²) in [5.74, 6) is -6.98. The maximum atomic E-state index is 13.7. The van der Waals surface area contributed by atoms with Crippen molar-refractivity contribution in [2.75, 3.05) is 12.0 Å². The number of halogens is 3. The minimum Gasteiger partial charge on any atom is -0.481 e. The summed E-state index contributed by atoms with van der Waals surface area (Å²) >= 11 is 0. The first-order valence-electron chi connectivity index (χ1n) is 12.4. The number of carboxylic acid groups (broad SMARTS) is 2. The second-order valence-corrected chi connectivity index (χ2v) is 9.93. The molecule has 214 valence electrons. The lowest BCUT2D eigenvalue weighted by Gasteiger charge is -2.62. The van der Waals surface area contributed by atoms with Crippen LogP contribution in [0.2, 0.25) is 0 Å². The monoisotopic (exact) mass is 561 g/mol. The number of hydrogen-bond acceptors (Lipinski definition) is 7. The Morgan fingerprint density at radius 3 is 2.20 bits per heavy atom. The summed E-state index contributed by atoms with van der Waals surface area (Å²) in [6, 6.07) is 10.2. The van der Waals surface area contributed by atoms with E-state index in [0.717, 1.165) is 30.2 Å². The molecule has 4 N–H and O–H groups in total. The van der Waals surface area contributed by atoms with Crippen molar-refractivity contribution in [3.8, 4) is 6.07 Å². The Kier molecular flexibility index (Phi) is 8.22. The molecule has 9 nitrogen and oxygen atoms in total. The van der Waals surface area contributed by atoms with E-state index >= 15 is 0 Å². The molecule has 0 amide bonds. The smallest absolute Gasteiger partial charge is 0.416 e. The summed E-state index contributed by atoms with van der Waals surface area (Å²) in [6.45, 7) is 4.17. The number of aliphatic carboxylic acids is 2. The van der Waals surface area contributed by atoms with Crippen LogP contribution in [0, 0.1) is 28.1 Å². The number of carbonyl (C=O) groups excluding carboxylic acids is 1. The van der Waals surface area contributed by atoms with E-state index in [1.165, 1.54) is 51.1 Å². The van der Waals surface area contributed by atoms with Crippen LogP contribution in [0.1, 0.15) is 49.8 Å². The van der Waals surface area contributed by atoms with Crippen LogP contribution >= 0.6 is 0 Å². The van der Waals surface area contributed by atoms with Crippen molar-refractivity contribution >= 4 is 23.6 Å². The molecule has 0 aliphatic carbocycles. The zero-order chi connectivity index (χ0) is 30.2. The number of nitrogens with two attached hydrogens (primary N) is 1. The van der Waals surface area contributed by atoms with E-state index in [1.807, 2.05) is 6.07 Å². The number of methoxy groups -OCH3 is 1. The number of ether oxygens (including phenoxy) is 1. The number of alkyl halides is 3. The van der Waals surface area contributed by atoms with Crippen molar-refractivity contribution in [2.24, 2.45) is 22.5 Å². The highest BCUT2D eigenvalue weighted by Gasteiger charge is 2.72. The third-order valence-electron chi connectivity index (χ3n) is 8.40. The summed E-state index contributed by atoms with van der Waals surface area (Å²) in [5, 5.41) is 31.0. The first-order valence-corrected chi connectivity index (χ1v) is 12.4. The van der Waals surface area contributed by atoms with Gasteiger partial charge in [-0.25, -0.2) is 0 Å². The molecule has 3 rings (SSSR count). The zero-order valence-corrected chi connectivity index (χ0v) is 22.3. The van der Waals surface area contributed by atoms with Gasteiger partial charge < -0.3 is 25.6 Å². The molecule has 1 fully saturated rings. The Hall–Kier alpha value is -4.11. The summed E-state index contributed by atoms with van der Waals surface area (Å²) in [7, 11) is 1.05. The van der Waals surface area contributed by atoms with Gasteiger partial charge in [-0.05, 0) is 49.2 Å². The number of benzene rings is 2. The van der Waals surface area contributed by atoms with Crippen LogP contribution in [-0.4, -0.2) is 47.4 Å². The van der Waals surface area contributed by atoms with E-state index in [0.29, 0.717) is 0 Å². The van der Waals surface area contributed by atoms with Gasteiger partial charge in [-0.15, -0.1) is 0 Å². The van der Waals surface area contributed by atoms with Crippen LogP contribution < -0.4 is 10.6 Å². The third kappa shape index (κ3) is 4.44. The first-order chi connectivity index (χ1) is 18.7. The number of nitriles is 1. The first kappa shape index (κ1) is 30.4. The van der Waals surface area contributed by atoms with Crippen molar-refractivity contribution in [3.05, 3.63) is 65.2 Å². The molecular formula is C28H30F3N3O6. The maximum Gasteiger partial charge on any atom is 0.416 e. The summed E-state index contributed by atoms with van der Waals surface area (Å²) in [6.07, 6.45) is -6.53. The summed E-state index contributed by atoms with van der Waals surface area (Å²) in [4.78, 5) is 41.0. The number of piperidine rings is 1. The highest BCUT2D eigenvalue weighted by Crippen LogP contribution is 2.62. The van der Waals surface area contributed by atoms with Crippen LogP contribution in [-0.2, 0) is 25.3 Å². The maximum absolute atomic E-state index is 13.7. The topological polar surface area (TPSA) is 154 Å². The molecule has 12 heteroatoms. The van der Waals surface area contributed by atoms with Gasteiger partial charge in [0.05, 0.1) is 36.4 Å². The molecule has 1 heterocycles. The molecule has 0 radical (unpaired) electrons. The lowest BCUT2D eigenvalue weighted by Crippen LogP contribution is -2.76. The molecule has 0 aromatic heterocycles. The number of esters is 1. The molecule has 0 spiro atoms. The molecular weight excluding hydrogens is 531 g/mol. The molecule has 5 unspecified atom stereocenters. The van der Waals surface area contributed by atoms with Gasteiger partial charge in [-0.2, -0.15) is 18.4 Å². The van der Waals surface area contributed by atoms with E-state index in [-0.39, 0.29) is 23.2 Å². The van der Waals surface area contributed by atoms with Gasteiger partial charge in [-0.1, -0.05) is 32.0 Å². The number of anilines is 1. The van der Waals surface area contributed by atoms with Crippen molar-refractivity contribution < 1.29 is 42.5 Å². The Labute approximate surface area is 228 Å². The molecule has 6 atom stereocenters. The Bertz CT molecular complexity index is 1340. The lowest BCUT2D eigenvalue weighted by atomic mass is 9.48. The second-order valence-electron chi connectivity index (χ2n) is 9.93. The molecule has 1 aliphatic heterocycles. The molecule has 2 aromatic carbocycles. The largest absolute Gasteiger partial charge is 0.481 e. The van der Waals surface area contributed by atoms with Gasteiger partial charge in [0.15, 0.2) is 0 Å². The Morgan fingerprint density at radius 1 is 1.15 bits per heavy atom. The van der Waals surface area contributed by atoms with Crippen molar-refractivity contribution in [1.82, 2.24) is 0 Å². The second kappa shape index (κ2) is 10.8. The number of nitrogens with zero attached hydrogens (tertiary/aromatic N) is 2. The number of hydrogen-bond donors (Lipinski definition) is 3. The fraction of sp³-hybridized carbons (Fsp3) is 0.429. The average molecular weight is 562 g/mol. The number of rotatable bonds is 7. The van der Waals surface area contributed by atoms with Gasteiger partial charge in [0, 0.05) is 17.6 Å². The molecule has 40 heavy (non-hydrogen) atoms. The van der Waals surface area contributed by atoms with Gasteiger partial charge in [0.25, 0.3) is 0 Å². The third-order valence-corrected chi connectivity index (χ3v) is 8.40. The quantitative estimate of drug-likeness (QED) is 0.422. The van der Waals surface area contributed by atoms with Gasteiger partial charge >= 0.3 is 24.1 Å². The van der Waals surface area contributed by atoms with Crippen molar-refractivity contribution in [2.45, 2.75) is 51.5 Å². The summed E-state index contributed by atoms with van der Waals surface area (Å²) in [5.41, 5.74) is 1.47. The van der Waals surface area contributed by atoms with Gasteiger partial charge in [0.2, 0.25) is 0 Å². The van der Waals surface area contributed by atoms with E-state index in [4.69, 9.17) is 10.5 Å². The predicted octanol–water partition coefficient (Wildman–Crippen LogP) is 4.22. The SMILES string of the molecule is CCC1(C(=O)O)C(N)N(c2cccc(C(F)(F)F)c2)C(C)C(C(=O)O)([C@@H](C)C(=O)OC)C1c1ccc(C#N)cc1. The predicted molar refractivity (Wildman–Crippen MR) is 137 cm³/mol. The minimum absolute atomic E-state index is 0.158. The van der Waals surface area contributed by atoms with Crippen LogP contribution in [0.4, 0.5) is 18.9 Å². The highest BCUT2D eigenvalue weighted by molar-refractivity contribution is 5.90. The highest BCUT2D eigenvalue weighted by atomic mass is 19.4. The molecule has 0 bridgehead atoms. The van der Waals surface area contributed by atoms with E-state index in [9.17, 15) is 43.0 Å². The zero-order valence-electron chi connectivity index (χ0n) is 22.3. The minimum atomic E-state index is -4.75. The standard InChI is InChI=1S/C28H30F3N3O6/c1-5-26(24(36)37)21(18-11-9-17(14-32)10-12-18)27(25(38)39,15(2)22(35)40-4)16(3)34(23(26)33)20-8-6-7-19(13-20)28(29,30)31/h6-13,15-16,21,23H,5,33H2,1-4H3,(H,36,37)(H,38,39)/t15-,16?,21?,23?,26?,27?/m0/s1. The number of carbonyl (C=O) groups is 3. The average Bonchev–Trinajstić information content (AvgIpc) is 2.91.